The van der Waals surface area contributed by atoms with Gasteiger partial charge in [0.15, 0.2) is 0 Å². The molecule has 3 N–H and O–H groups in total. The van der Waals surface area contributed by atoms with E-state index in [1.54, 1.807) is 0 Å². The summed E-state index contributed by atoms with van der Waals surface area (Å²) in [4.78, 5) is 25.2. The molecule has 2 fully saturated rings. The van der Waals surface area contributed by atoms with Crippen molar-refractivity contribution in [3.63, 3.8) is 0 Å². The molecule has 3 aromatic heterocycles. The van der Waals surface area contributed by atoms with Gasteiger partial charge in [-0.1, -0.05) is 11.2 Å². The summed E-state index contributed by atoms with van der Waals surface area (Å²) in [7, 11) is 1.47. The van der Waals surface area contributed by atoms with E-state index < -0.39 is 5.91 Å². The van der Waals surface area contributed by atoms with Crippen LogP contribution in [0.1, 0.15) is 10.4 Å². The van der Waals surface area contributed by atoms with Crippen molar-refractivity contribution in [1.29, 1.82) is 0 Å². The molecule has 2 aliphatic heterocycles. The summed E-state index contributed by atoms with van der Waals surface area (Å²) in [6.07, 6.45) is 0. The minimum atomic E-state index is -0.508. The Kier molecular flexibility index (Phi) is 5.83. The van der Waals surface area contributed by atoms with Gasteiger partial charge in [0.2, 0.25) is 11.8 Å². The van der Waals surface area contributed by atoms with Crippen molar-refractivity contribution >= 4 is 35.0 Å². The number of nitrogens with zero attached hydrogens (tertiary/aromatic N) is 5. The van der Waals surface area contributed by atoms with Crippen LogP contribution < -0.4 is 25.6 Å². The molecule has 1 amide bonds. The third-order valence-electron chi connectivity index (χ3n) is 5.08. The lowest BCUT2D eigenvalue weighted by Gasteiger charge is -2.31. The zero-order valence-corrected chi connectivity index (χ0v) is 18.1. The molecule has 3 aromatic rings. The number of ether oxygens (including phenoxy) is 2. The lowest BCUT2D eigenvalue weighted by molar-refractivity contribution is 0.102. The van der Waals surface area contributed by atoms with Crippen molar-refractivity contribution in [3.8, 4) is 16.6 Å². The monoisotopic (exact) mass is 458 g/mol. The van der Waals surface area contributed by atoms with Gasteiger partial charge >= 0.3 is 6.01 Å². The predicted octanol–water partition coefficient (Wildman–Crippen LogP) is 1.07. The Morgan fingerprint density at radius 2 is 2.12 bits per heavy atom. The van der Waals surface area contributed by atoms with Crippen LogP contribution in [0.4, 0.5) is 17.8 Å². The number of amides is 1. The molecule has 0 aliphatic carbocycles. The van der Waals surface area contributed by atoms with Crippen molar-refractivity contribution < 1.29 is 18.7 Å². The van der Waals surface area contributed by atoms with Gasteiger partial charge in [0, 0.05) is 26.2 Å². The highest BCUT2D eigenvalue weighted by Crippen LogP contribution is 2.29. The number of nitrogens with one attached hydrogen (secondary N) is 3. The van der Waals surface area contributed by atoms with Gasteiger partial charge in [-0.15, -0.1) is 16.4 Å². The Hall–Kier alpha value is -3.29. The molecule has 0 atom stereocenters. The first-order valence-electron chi connectivity index (χ1n) is 10.2. The van der Waals surface area contributed by atoms with Crippen LogP contribution in [0.5, 0.6) is 5.88 Å². The van der Waals surface area contributed by atoms with E-state index in [-0.39, 0.29) is 23.5 Å². The molecule has 2 saturated heterocycles. The van der Waals surface area contributed by atoms with E-state index in [4.69, 9.17) is 13.9 Å². The zero-order chi connectivity index (χ0) is 21.9. The summed E-state index contributed by atoms with van der Waals surface area (Å²) in [5.41, 5.74) is 0.173. The summed E-state index contributed by atoms with van der Waals surface area (Å²) in [6.45, 7) is 4.04. The maximum Gasteiger partial charge on any atom is 0.322 e. The number of anilines is 3. The summed E-state index contributed by atoms with van der Waals surface area (Å²) in [5.74, 6) is 0.855. The molecule has 0 aromatic carbocycles. The highest BCUT2D eigenvalue weighted by molar-refractivity contribution is 7.13. The average Bonchev–Trinajstić information content (AvgIpc) is 3.48. The Morgan fingerprint density at radius 3 is 2.81 bits per heavy atom. The van der Waals surface area contributed by atoms with Crippen LogP contribution in [-0.4, -0.2) is 78.6 Å². The molecule has 32 heavy (non-hydrogen) atoms. The molecular formula is C19H22N8O4S. The van der Waals surface area contributed by atoms with Crippen molar-refractivity contribution in [2.75, 3.05) is 62.0 Å². The fourth-order valence-electron chi connectivity index (χ4n) is 3.31. The third-order valence-corrected chi connectivity index (χ3v) is 5.94. The van der Waals surface area contributed by atoms with E-state index in [1.807, 2.05) is 22.4 Å². The maximum atomic E-state index is 13.2. The molecule has 0 spiro atoms. The highest BCUT2D eigenvalue weighted by Gasteiger charge is 2.28. The van der Waals surface area contributed by atoms with Crippen LogP contribution in [0, 0.1) is 0 Å². The fourth-order valence-corrected chi connectivity index (χ4v) is 3.95. The molecule has 2 aliphatic rings. The molecule has 5 rings (SSSR count). The van der Waals surface area contributed by atoms with E-state index in [1.165, 1.54) is 18.4 Å². The summed E-state index contributed by atoms with van der Waals surface area (Å²) < 4.78 is 16.5. The lowest BCUT2D eigenvalue weighted by Crippen LogP contribution is -2.52. The van der Waals surface area contributed by atoms with Gasteiger partial charge < -0.3 is 29.4 Å². The van der Waals surface area contributed by atoms with E-state index in [9.17, 15) is 4.79 Å². The number of carbonyl (C=O) groups is 1. The summed E-state index contributed by atoms with van der Waals surface area (Å²) in [6, 6.07) is 3.87. The second-order valence-electron chi connectivity index (χ2n) is 7.20. The Labute approximate surface area is 187 Å². The van der Waals surface area contributed by atoms with E-state index >= 15 is 0 Å². The topological polar surface area (TPSA) is 140 Å². The van der Waals surface area contributed by atoms with Crippen LogP contribution in [0.25, 0.3) is 10.8 Å². The number of carbonyl (C=O) groups excluding carboxylic acids is 1. The minimum absolute atomic E-state index is 0.0195. The average molecular weight is 459 g/mol. The lowest BCUT2D eigenvalue weighted by atomic mass is 10.1. The Bertz CT molecular complexity index is 1080. The third kappa shape index (κ3) is 4.22. The van der Waals surface area contributed by atoms with Crippen LogP contribution in [0.3, 0.4) is 0 Å². The molecule has 168 valence electrons. The molecular weight excluding hydrogens is 436 g/mol. The first kappa shape index (κ1) is 20.6. The van der Waals surface area contributed by atoms with Crippen LogP contribution in [-0.2, 0) is 4.74 Å². The van der Waals surface area contributed by atoms with Crippen molar-refractivity contribution in [2.24, 2.45) is 0 Å². The van der Waals surface area contributed by atoms with Gasteiger partial charge in [0.1, 0.15) is 11.4 Å². The second kappa shape index (κ2) is 9.06. The normalized spacial score (nSPS) is 16.5. The van der Waals surface area contributed by atoms with Gasteiger partial charge in [-0.2, -0.15) is 9.97 Å². The molecule has 13 heteroatoms. The van der Waals surface area contributed by atoms with Gasteiger partial charge in [-0.05, 0) is 11.4 Å². The smallest absolute Gasteiger partial charge is 0.322 e. The van der Waals surface area contributed by atoms with Crippen LogP contribution >= 0.6 is 11.3 Å². The number of methoxy groups -OCH3 is 1. The first-order chi connectivity index (χ1) is 15.7. The van der Waals surface area contributed by atoms with Gasteiger partial charge in [0.25, 0.3) is 11.8 Å². The molecule has 0 saturated carbocycles. The quantitative estimate of drug-likeness (QED) is 0.468. The van der Waals surface area contributed by atoms with Crippen molar-refractivity contribution in [1.82, 2.24) is 25.5 Å². The van der Waals surface area contributed by atoms with E-state index in [2.05, 4.69) is 36.1 Å². The van der Waals surface area contributed by atoms with E-state index in [0.29, 0.717) is 44.0 Å². The predicted molar refractivity (Wildman–Crippen MR) is 117 cm³/mol. The number of rotatable bonds is 7. The van der Waals surface area contributed by atoms with Gasteiger partial charge in [0.05, 0.1) is 31.2 Å². The molecule has 0 radical (unpaired) electrons. The standard InChI is InChI=1S/C19H22N8O4S/c1-29-17-13(15(28)23-19-26-25-16(31-19)12-3-2-8-32-12)14(21-11-9-20-10-11)22-18(24-17)27-4-6-30-7-5-27/h2-3,8,11,20H,4-7,9-10H2,1H3,(H,21,22,24)(H,23,26,28). The Balaban J connectivity index is 1.44. The molecule has 0 bridgehead atoms. The van der Waals surface area contributed by atoms with Crippen LogP contribution in [0.15, 0.2) is 21.9 Å². The maximum absolute atomic E-state index is 13.2. The highest BCUT2D eigenvalue weighted by atomic mass is 32.1. The van der Waals surface area contributed by atoms with Crippen molar-refractivity contribution in [2.45, 2.75) is 6.04 Å². The number of morpholine rings is 1. The molecule has 0 unspecified atom stereocenters. The number of aromatic nitrogens is 4. The largest absolute Gasteiger partial charge is 0.480 e. The number of hydrogen-bond donors (Lipinski definition) is 3. The summed E-state index contributed by atoms with van der Waals surface area (Å²) in [5, 5.41) is 19.0. The fraction of sp³-hybridized carbons (Fsp3) is 0.421. The minimum Gasteiger partial charge on any atom is -0.480 e. The van der Waals surface area contributed by atoms with Crippen LogP contribution in [0.2, 0.25) is 0 Å². The number of thiophene rings is 1. The first-order valence-corrected chi connectivity index (χ1v) is 11.0. The second-order valence-corrected chi connectivity index (χ2v) is 8.15. The Morgan fingerprint density at radius 1 is 1.28 bits per heavy atom. The zero-order valence-electron chi connectivity index (χ0n) is 17.3. The van der Waals surface area contributed by atoms with E-state index in [0.717, 1.165) is 18.0 Å². The van der Waals surface area contributed by atoms with Crippen molar-refractivity contribution in [3.05, 3.63) is 23.1 Å². The van der Waals surface area contributed by atoms with Gasteiger partial charge in [-0.25, -0.2) is 0 Å². The molecule has 5 heterocycles. The SMILES string of the molecule is COc1nc(N2CCOCC2)nc(NC2CNC2)c1C(=O)Nc1nnc(-c2cccs2)o1. The number of hydrogen-bond acceptors (Lipinski definition) is 12. The molecule has 12 nitrogen and oxygen atoms in total. The van der Waals surface area contributed by atoms with Gasteiger partial charge in [-0.3, -0.25) is 10.1 Å². The summed E-state index contributed by atoms with van der Waals surface area (Å²) >= 11 is 1.47.